The molecular weight excluding hydrogens is 290 g/mol. The number of nitrogens with one attached hydrogen (secondary N) is 1. The standard InChI is InChI=1S/C11H14BrNO2S/c1-8-5-9(8)7-13-16(14,15)11-4-2-3-10(12)6-11/h2-4,6,8-9,13H,5,7H2,1H3. The van der Waals surface area contributed by atoms with E-state index in [9.17, 15) is 8.42 Å². The fourth-order valence-electron chi connectivity index (χ4n) is 1.62. The third kappa shape index (κ3) is 2.84. The first kappa shape index (κ1) is 12.1. The van der Waals surface area contributed by atoms with Crippen LogP contribution in [0.15, 0.2) is 33.6 Å². The molecule has 88 valence electrons. The van der Waals surface area contributed by atoms with Crippen molar-refractivity contribution >= 4 is 26.0 Å². The Labute approximate surface area is 104 Å². The third-order valence-corrected chi connectivity index (χ3v) is 4.83. The zero-order valence-corrected chi connectivity index (χ0v) is 11.4. The fraction of sp³-hybridized carbons (Fsp3) is 0.455. The van der Waals surface area contributed by atoms with Gasteiger partial charge in [0.2, 0.25) is 10.0 Å². The molecule has 1 saturated carbocycles. The summed E-state index contributed by atoms with van der Waals surface area (Å²) in [7, 11) is -3.34. The summed E-state index contributed by atoms with van der Waals surface area (Å²) in [4.78, 5) is 0.315. The smallest absolute Gasteiger partial charge is 0.211 e. The molecule has 1 aliphatic carbocycles. The van der Waals surface area contributed by atoms with E-state index in [2.05, 4.69) is 27.6 Å². The highest BCUT2D eigenvalue weighted by Gasteiger charge is 2.33. The molecule has 0 aromatic heterocycles. The van der Waals surface area contributed by atoms with Crippen molar-refractivity contribution in [2.24, 2.45) is 11.8 Å². The van der Waals surface area contributed by atoms with E-state index in [0.29, 0.717) is 23.3 Å². The molecule has 0 radical (unpaired) electrons. The Kier molecular flexibility index (Phi) is 3.37. The summed E-state index contributed by atoms with van der Waals surface area (Å²) in [6.07, 6.45) is 1.13. The average molecular weight is 304 g/mol. The maximum absolute atomic E-state index is 11.9. The van der Waals surface area contributed by atoms with Crippen LogP contribution in [0.25, 0.3) is 0 Å². The van der Waals surface area contributed by atoms with Gasteiger partial charge < -0.3 is 0 Å². The summed E-state index contributed by atoms with van der Waals surface area (Å²) in [5.74, 6) is 1.17. The molecule has 0 amide bonds. The SMILES string of the molecule is CC1CC1CNS(=O)(=O)c1cccc(Br)c1. The fourth-order valence-corrected chi connectivity index (χ4v) is 3.31. The number of hydrogen-bond acceptors (Lipinski definition) is 2. The van der Waals surface area contributed by atoms with E-state index < -0.39 is 10.0 Å². The lowest BCUT2D eigenvalue weighted by Gasteiger charge is -2.06. The van der Waals surface area contributed by atoms with Crippen molar-refractivity contribution in [2.75, 3.05) is 6.54 Å². The molecule has 5 heteroatoms. The predicted molar refractivity (Wildman–Crippen MR) is 66.6 cm³/mol. The van der Waals surface area contributed by atoms with Gasteiger partial charge >= 0.3 is 0 Å². The third-order valence-electron chi connectivity index (χ3n) is 2.92. The van der Waals surface area contributed by atoms with Crippen LogP contribution >= 0.6 is 15.9 Å². The van der Waals surface area contributed by atoms with Crippen LogP contribution in [-0.4, -0.2) is 15.0 Å². The maximum atomic E-state index is 11.9. The molecule has 2 atom stereocenters. The average Bonchev–Trinajstić information content (AvgIpc) is 2.92. The normalized spacial score (nSPS) is 24.4. The van der Waals surface area contributed by atoms with Gasteiger partial charge in [-0.05, 0) is 36.5 Å². The summed E-state index contributed by atoms with van der Waals surface area (Å²) >= 11 is 3.26. The second-order valence-electron chi connectivity index (χ2n) is 4.28. The van der Waals surface area contributed by atoms with Crippen LogP contribution in [0.1, 0.15) is 13.3 Å². The Balaban J connectivity index is 2.06. The van der Waals surface area contributed by atoms with Gasteiger partial charge in [0, 0.05) is 11.0 Å². The minimum absolute atomic E-state index is 0.315. The molecule has 0 bridgehead atoms. The second kappa shape index (κ2) is 4.47. The minimum Gasteiger partial charge on any atom is -0.211 e. The largest absolute Gasteiger partial charge is 0.240 e. The number of benzene rings is 1. The molecule has 1 aromatic rings. The van der Waals surface area contributed by atoms with Gasteiger partial charge in [-0.3, -0.25) is 0 Å². The van der Waals surface area contributed by atoms with Crippen LogP contribution in [0.5, 0.6) is 0 Å². The van der Waals surface area contributed by atoms with Crippen molar-refractivity contribution in [1.29, 1.82) is 0 Å². The van der Waals surface area contributed by atoms with Crippen LogP contribution in [0.2, 0.25) is 0 Å². The lowest BCUT2D eigenvalue weighted by atomic mass is 10.3. The molecule has 0 spiro atoms. The van der Waals surface area contributed by atoms with Crippen molar-refractivity contribution in [2.45, 2.75) is 18.2 Å². The number of halogens is 1. The first-order valence-electron chi connectivity index (χ1n) is 5.24. The summed E-state index contributed by atoms with van der Waals surface area (Å²) in [5, 5.41) is 0. The van der Waals surface area contributed by atoms with E-state index in [4.69, 9.17) is 0 Å². The first-order chi connectivity index (χ1) is 7.49. The van der Waals surface area contributed by atoms with Gasteiger partial charge in [-0.1, -0.05) is 28.9 Å². The van der Waals surface area contributed by atoms with Gasteiger partial charge in [0.15, 0.2) is 0 Å². The number of rotatable bonds is 4. The highest BCUT2D eigenvalue weighted by Crippen LogP contribution is 2.37. The Hall–Kier alpha value is -0.390. The summed E-state index contributed by atoms with van der Waals surface area (Å²) in [5.41, 5.74) is 0. The summed E-state index contributed by atoms with van der Waals surface area (Å²) in [6.45, 7) is 2.69. The summed E-state index contributed by atoms with van der Waals surface area (Å²) < 4.78 is 27.2. The molecule has 3 nitrogen and oxygen atoms in total. The Bertz CT molecular complexity index is 487. The number of sulfonamides is 1. The Morgan fingerprint density at radius 2 is 2.19 bits per heavy atom. The highest BCUT2D eigenvalue weighted by molar-refractivity contribution is 9.10. The van der Waals surface area contributed by atoms with E-state index in [0.717, 1.165) is 10.9 Å². The van der Waals surface area contributed by atoms with Gasteiger partial charge in [0.05, 0.1) is 4.90 Å². The van der Waals surface area contributed by atoms with Crippen molar-refractivity contribution in [1.82, 2.24) is 4.72 Å². The monoisotopic (exact) mass is 303 g/mol. The van der Waals surface area contributed by atoms with Gasteiger partial charge in [-0.15, -0.1) is 0 Å². The van der Waals surface area contributed by atoms with Crippen molar-refractivity contribution in [3.05, 3.63) is 28.7 Å². The van der Waals surface area contributed by atoms with E-state index >= 15 is 0 Å². The Morgan fingerprint density at radius 1 is 1.50 bits per heavy atom. The van der Waals surface area contributed by atoms with Crippen LogP contribution < -0.4 is 4.72 Å². The van der Waals surface area contributed by atoms with Gasteiger partial charge in [-0.25, -0.2) is 13.1 Å². The minimum atomic E-state index is -3.34. The van der Waals surface area contributed by atoms with E-state index in [1.165, 1.54) is 0 Å². The molecule has 1 aliphatic rings. The van der Waals surface area contributed by atoms with Gasteiger partial charge in [-0.2, -0.15) is 0 Å². The van der Waals surface area contributed by atoms with Crippen LogP contribution in [0, 0.1) is 11.8 Å². The quantitative estimate of drug-likeness (QED) is 0.928. The topological polar surface area (TPSA) is 46.2 Å². The molecular formula is C11H14BrNO2S. The van der Waals surface area contributed by atoms with E-state index in [1.807, 2.05) is 6.07 Å². The van der Waals surface area contributed by atoms with E-state index in [1.54, 1.807) is 18.2 Å². The van der Waals surface area contributed by atoms with Gasteiger partial charge in [0.1, 0.15) is 0 Å². The van der Waals surface area contributed by atoms with Crippen LogP contribution in [0.4, 0.5) is 0 Å². The molecule has 2 unspecified atom stereocenters. The highest BCUT2D eigenvalue weighted by atomic mass is 79.9. The molecule has 0 aliphatic heterocycles. The van der Waals surface area contributed by atoms with Crippen molar-refractivity contribution < 1.29 is 8.42 Å². The zero-order valence-electron chi connectivity index (χ0n) is 8.98. The number of hydrogen-bond donors (Lipinski definition) is 1. The molecule has 2 rings (SSSR count). The zero-order chi connectivity index (χ0) is 11.8. The second-order valence-corrected chi connectivity index (χ2v) is 6.96. The summed E-state index contributed by atoms with van der Waals surface area (Å²) in [6, 6.07) is 6.74. The molecule has 0 saturated heterocycles. The molecule has 0 heterocycles. The molecule has 1 fully saturated rings. The molecule has 1 aromatic carbocycles. The van der Waals surface area contributed by atoms with Gasteiger partial charge in [0.25, 0.3) is 0 Å². The lowest BCUT2D eigenvalue weighted by Crippen LogP contribution is -2.26. The van der Waals surface area contributed by atoms with Crippen molar-refractivity contribution in [3.63, 3.8) is 0 Å². The molecule has 16 heavy (non-hydrogen) atoms. The maximum Gasteiger partial charge on any atom is 0.240 e. The van der Waals surface area contributed by atoms with Crippen LogP contribution in [-0.2, 0) is 10.0 Å². The molecule has 1 N–H and O–H groups in total. The predicted octanol–water partition coefficient (Wildman–Crippen LogP) is 2.38. The van der Waals surface area contributed by atoms with Crippen LogP contribution in [0.3, 0.4) is 0 Å². The Morgan fingerprint density at radius 3 is 2.75 bits per heavy atom. The lowest BCUT2D eigenvalue weighted by molar-refractivity contribution is 0.574. The first-order valence-corrected chi connectivity index (χ1v) is 7.52. The van der Waals surface area contributed by atoms with E-state index in [-0.39, 0.29) is 0 Å². The van der Waals surface area contributed by atoms with Crippen molar-refractivity contribution in [3.8, 4) is 0 Å².